The maximum atomic E-state index is 12.9. The molecule has 140 valence electrons. The van der Waals surface area contributed by atoms with Crippen molar-refractivity contribution in [2.45, 2.75) is 34.2 Å². The summed E-state index contributed by atoms with van der Waals surface area (Å²) in [6.45, 7) is 7.66. The number of aromatic nitrogens is 2. The molecule has 0 aliphatic heterocycles. The first-order valence-corrected chi connectivity index (χ1v) is 9.45. The van der Waals surface area contributed by atoms with E-state index >= 15 is 0 Å². The molecule has 27 heavy (non-hydrogen) atoms. The highest BCUT2D eigenvalue weighted by molar-refractivity contribution is 7.20. The number of aryl methyl sites for hydroxylation is 3. The fourth-order valence-electron chi connectivity index (χ4n) is 3.02. The summed E-state index contributed by atoms with van der Waals surface area (Å²) >= 11 is 1.38. The van der Waals surface area contributed by atoms with Crippen molar-refractivity contribution in [2.75, 3.05) is 12.4 Å². The Morgan fingerprint density at radius 1 is 1.15 bits per heavy atom. The molecule has 3 rings (SSSR count). The van der Waals surface area contributed by atoms with Gasteiger partial charge in [-0.25, -0.2) is 9.97 Å². The first-order valence-electron chi connectivity index (χ1n) is 8.63. The first kappa shape index (κ1) is 19.0. The van der Waals surface area contributed by atoms with Gasteiger partial charge in [0.1, 0.15) is 10.7 Å². The lowest BCUT2D eigenvalue weighted by atomic mass is 10.1. The number of para-hydroxylation sites is 1. The van der Waals surface area contributed by atoms with Crippen LogP contribution >= 0.6 is 11.3 Å². The van der Waals surface area contributed by atoms with Crippen molar-refractivity contribution in [1.82, 2.24) is 14.9 Å². The molecule has 0 atom stereocenters. The Bertz CT molecular complexity index is 1040. The van der Waals surface area contributed by atoms with Crippen LogP contribution in [0.3, 0.4) is 0 Å². The molecule has 0 radical (unpaired) electrons. The molecule has 2 heterocycles. The second kappa shape index (κ2) is 7.44. The van der Waals surface area contributed by atoms with E-state index in [0.717, 1.165) is 27.0 Å². The van der Waals surface area contributed by atoms with Gasteiger partial charge in [-0.15, -0.1) is 11.3 Å². The van der Waals surface area contributed by atoms with Gasteiger partial charge < -0.3 is 10.2 Å². The van der Waals surface area contributed by atoms with Crippen molar-refractivity contribution in [3.63, 3.8) is 0 Å². The lowest BCUT2D eigenvalue weighted by molar-refractivity contribution is -0.128. The predicted octanol–water partition coefficient (Wildman–Crippen LogP) is 3.85. The monoisotopic (exact) mass is 382 g/mol. The molecule has 0 aliphatic rings. The van der Waals surface area contributed by atoms with E-state index in [2.05, 4.69) is 15.3 Å². The molecule has 7 heteroatoms. The summed E-state index contributed by atoms with van der Waals surface area (Å²) in [6.07, 6.45) is 0. The molecular weight excluding hydrogens is 360 g/mol. The van der Waals surface area contributed by atoms with E-state index in [9.17, 15) is 9.59 Å². The van der Waals surface area contributed by atoms with Gasteiger partial charge in [0.05, 0.1) is 4.88 Å². The number of amides is 2. The molecule has 1 aromatic carbocycles. The Hall–Kier alpha value is -2.80. The van der Waals surface area contributed by atoms with Gasteiger partial charge in [0.15, 0.2) is 0 Å². The number of hydrogen-bond donors (Lipinski definition) is 1. The predicted molar refractivity (Wildman–Crippen MR) is 108 cm³/mol. The fourth-order valence-corrected chi connectivity index (χ4v) is 4.19. The standard InChI is InChI=1S/C20H22N4O2S/c1-11-17-12(2)21-13(3)22-20(17)27-18(11)19(26)23-16-9-7-6-8-15(16)10-24(5)14(4)25/h6-9H,10H2,1-5H3,(H,23,26). The highest BCUT2D eigenvalue weighted by atomic mass is 32.1. The number of anilines is 1. The average Bonchev–Trinajstić information content (AvgIpc) is 2.93. The zero-order valence-corrected chi connectivity index (χ0v) is 16.9. The van der Waals surface area contributed by atoms with E-state index in [1.807, 2.05) is 45.0 Å². The highest BCUT2D eigenvalue weighted by Gasteiger charge is 2.19. The van der Waals surface area contributed by atoms with Gasteiger partial charge in [-0.1, -0.05) is 18.2 Å². The summed E-state index contributed by atoms with van der Waals surface area (Å²) < 4.78 is 0. The lowest BCUT2D eigenvalue weighted by Crippen LogP contribution is -2.24. The topological polar surface area (TPSA) is 75.2 Å². The summed E-state index contributed by atoms with van der Waals surface area (Å²) in [5.74, 6) is 0.497. The van der Waals surface area contributed by atoms with Crippen molar-refractivity contribution in [3.8, 4) is 0 Å². The van der Waals surface area contributed by atoms with Crippen molar-refractivity contribution < 1.29 is 9.59 Å². The molecule has 3 aromatic rings. The van der Waals surface area contributed by atoms with Crippen molar-refractivity contribution in [1.29, 1.82) is 0 Å². The Balaban J connectivity index is 1.93. The zero-order chi connectivity index (χ0) is 19.7. The molecule has 0 unspecified atom stereocenters. The summed E-state index contributed by atoms with van der Waals surface area (Å²) in [5, 5.41) is 3.94. The van der Waals surface area contributed by atoms with Crippen molar-refractivity contribution >= 4 is 39.1 Å². The van der Waals surface area contributed by atoms with Crippen molar-refractivity contribution in [3.05, 3.63) is 51.8 Å². The number of hydrogen-bond acceptors (Lipinski definition) is 5. The Morgan fingerprint density at radius 2 is 1.85 bits per heavy atom. The first-order chi connectivity index (χ1) is 12.8. The largest absolute Gasteiger partial charge is 0.342 e. The van der Waals surface area contributed by atoms with Gasteiger partial charge >= 0.3 is 0 Å². The van der Waals surface area contributed by atoms with E-state index in [-0.39, 0.29) is 11.8 Å². The van der Waals surface area contributed by atoms with Gasteiger partial charge in [-0.3, -0.25) is 9.59 Å². The normalized spacial score (nSPS) is 10.9. The minimum atomic E-state index is -0.175. The van der Waals surface area contributed by atoms with Crippen LogP contribution in [0.4, 0.5) is 5.69 Å². The van der Waals surface area contributed by atoms with Crippen LogP contribution in [0, 0.1) is 20.8 Å². The van der Waals surface area contributed by atoms with E-state index in [0.29, 0.717) is 22.9 Å². The third-order valence-electron chi connectivity index (χ3n) is 4.50. The molecule has 0 bridgehead atoms. The maximum absolute atomic E-state index is 12.9. The number of benzene rings is 1. The summed E-state index contributed by atoms with van der Waals surface area (Å²) in [4.78, 5) is 36.4. The molecule has 0 aliphatic carbocycles. The minimum absolute atomic E-state index is 0.0269. The molecular formula is C20H22N4O2S. The molecule has 6 nitrogen and oxygen atoms in total. The minimum Gasteiger partial charge on any atom is -0.342 e. The zero-order valence-electron chi connectivity index (χ0n) is 16.1. The van der Waals surface area contributed by atoms with Crippen LogP contribution in [0.25, 0.3) is 10.2 Å². The Kier molecular flexibility index (Phi) is 5.23. The third-order valence-corrected chi connectivity index (χ3v) is 5.68. The fraction of sp³-hybridized carbons (Fsp3) is 0.300. The van der Waals surface area contributed by atoms with E-state index in [1.54, 1.807) is 11.9 Å². The Labute approximate surface area is 162 Å². The van der Waals surface area contributed by atoms with Gasteiger partial charge in [-0.05, 0) is 38.0 Å². The molecule has 2 amide bonds. The molecule has 1 N–H and O–H groups in total. The summed E-state index contributed by atoms with van der Waals surface area (Å²) in [7, 11) is 1.74. The molecule has 0 saturated heterocycles. The number of carbonyl (C=O) groups excluding carboxylic acids is 2. The van der Waals surface area contributed by atoms with Gasteiger partial charge in [0, 0.05) is 37.3 Å². The van der Waals surface area contributed by atoms with Crippen LogP contribution in [-0.2, 0) is 11.3 Å². The second-order valence-corrected chi connectivity index (χ2v) is 7.58. The van der Waals surface area contributed by atoms with Crippen LogP contribution < -0.4 is 5.32 Å². The highest BCUT2D eigenvalue weighted by Crippen LogP contribution is 2.32. The van der Waals surface area contributed by atoms with Gasteiger partial charge in [-0.2, -0.15) is 0 Å². The summed E-state index contributed by atoms with van der Waals surface area (Å²) in [5.41, 5.74) is 3.36. The van der Waals surface area contributed by atoms with E-state index in [4.69, 9.17) is 0 Å². The van der Waals surface area contributed by atoms with Gasteiger partial charge in [0.2, 0.25) is 5.91 Å². The van der Waals surface area contributed by atoms with Crippen molar-refractivity contribution in [2.24, 2.45) is 0 Å². The quantitative estimate of drug-likeness (QED) is 0.744. The number of thiophene rings is 1. The van der Waals surface area contributed by atoms with Crippen LogP contribution in [0.5, 0.6) is 0 Å². The number of carbonyl (C=O) groups is 2. The SMILES string of the molecule is CC(=O)N(C)Cc1ccccc1NC(=O)c1sc2nc(C)nc(C)c2c1C. The number of nitrogens with zero attached hydrogens (tertiary/aromatic N) is 3. The third kappa shape index (κ3) is 3.83. The van der Waals surface area contributed by atoms with Crippen LogP contribution in [0.15, 0.2) is 24.3 Å². The average molecular weight is 382 g/mol. The van der Waals surface area contributed by atoms with Gasteiger partial charge in [0.25, 0.3) is 5.91 Å². The smallest absolute Gasteiger partial charge is 0.266 e. The van der Waals surface area contributed by atoms with Crippen LogP contribution in [-0.4, -0.2) is 33.7 Å². The summed E-state index contributed by atoms with van der Waals surface area (Å²) in [6, 6.07) is 7.51. The molecule has 0 fully saturated rings. The molecule has 0 saturated carbocycles. The van der Waals surface area contributed by atoms with Crippen LogP contribution in [0.1, 0.15) is 39.2 Å². The number of rotatable bonds is 4. The Morgan fingerprint density at radius 3 is 2.56 bits per heavy atom. The van der Waals surface area contributed by atoms with Crippen LogP contribution in [0.2, 0.25) is 0 Å². The maximum Gasteiger partial charge on any atom is 0.266 e. The van der Waals surface area contributed by atoms with E-state index in [1.165, 1.54) is 18.3 Å². The second-order valence-electron chi connectivity index (χ2n) is 6.58. The lowest BCUT2D eigenvalue weighted by Gasteiger charge is -2.17. The molecule has 0 spiro atoms. The number of fused-ring (bicyclic) bond motifs is 1. The van der Waals surface area contributed by atoms with E-state index < -0.39 is 0 Å². The number of nitrogens with one attached hydrogen (secondary N) is 1. The molecule has 2 aromatic heterocycles.